The van der Waals surface area contributed by atoms with E-state index < -0.39 is 22.4 Å². The van der Waals surface area contributed by atoms with Crippen LogP contribution in [0.3, 0.4) is 0 Å². The van der Waals surface area contributed by atoms with Gasteiger partial charge in [-0.15, -0.1) is 0 Å². The molecule has 0 saturated carbocycles. The fraction of sp³-hybridized carbons (Fsp3) is 0.750. The lowest BCUT2D eigenvalue weighted by Gasteiger charge is -2.37. The highest BCUT2D eigenvalue weighted by molar-refractivity contribution is 6.48. The van der Waals surface area contributed by atoms with Crippen LogP contribution in [0.4, 0.5) is 0 Å². The highest BCUT2D eigenvalue weighted by Gasteiger charge is 2.37. The molecule has 0 aliphatic heterocycles. The Morgan fingerprint density at radius 3 is 1.30 bits per heavy atom. The van der Waals surface area contributed by atoms with E-state index in [1.165, 1.54) is 15.0 Å². The van der Waals surface area contributed by atoms with E-state index in [9.17, 15) is 10.2 Å². The number of rotatable bonds is 8. The van der Waals surface area contributed by atoms with Crippen molar-refractivity contribution in [3.05, 3.63) is 12.1 Å². The molecular formula is C16H28B2O5. The fourth-order valence-corrected chi connectivity index (χ4v) is 1.19. The van der Waals surface area contributed by atoms with E-state index in [1.54, 1.807) is 67.5 Å². The van der Waals surface area contributed by atoms with Gasteiger partial charge in [-0.25, -0.2) is 0 Å². The Morgan fingerprint density at radius 2 is 1.04 bits per heavy atom. The van der Waals surface area contributed by atoms with Crippen molar-refractivity contribution in [3.63, 3.8) is 0 Å². The van der Waals surface area contributed by atoms with Crippen molar-refractivity contribution < 1.29 is 23.9 Å². The molecule has 2 radical (unpaired) electrons. The molecule has 1 aromatic rings. The van der Waals surface area contributed by atoms with E-state index in [-0.39, 0.29) is 0 Å². The van der Waals surface area contributed by atoms with Crippen molar-refractivity contribution in [1.82, 2.24) is 0 Å². The second-order valence-electron chi connectivity index (χ2n) is 7.85. The molecule has 7 heteroatoms. The first-order chi connectivity index (χ1) is 10.2. The van der Waals surface area contributed by atoms with Gasteiger partial charge in [0.1, 0.15) is 0 Å². The van der Waals surface area contributed by atoms with Crippen LogP contribution >= 0.6 is 0 Å². The van der Waals surface area contributed by atoms with Crippen LogP contribution in [0.25, 0.3) is 0 Å². The van der Waals surface area contributed by atoms with Gasteiger partial charge < -0.3 is 23.9 Å². The maximum atomic E-state index is 10.1. The molecule has 128 valence electrons. The predicted molar refractivity (Wildman–Crippen MR) is 92.4 cm³/mol. The van der Waals surface area contributed by atoms with E-state index >= 15 is 0 Å². The molecule has 5 nitrogen and oxygen atoms in total. The highest BCUT2D eigenvalue weighted by atomic mass is 16.5. The quantitative estimate of drug-likeness (QED) is 0.696. The van der Waals surface area contributed by atoms with Gasteiger partial charge in [0.2, 0.25) is 0 Å². The monoisotopic (exact) mass is 322 g/mol. The third-order valence-electron chi connectivity index (χ3n) is 4.53. The Morgan fingerprint density at radius 1 is 0.739 bits per heavy atom. The van der Waals surface area contributed by atoms with E-state index in [4.69, 9.17) is 13.7 Å². The molecule has 1 heterocycles. The summed E-state index contributed by atoms with van der Waals surface area (Å²) in [6.07, 6.45) is 0. The van der Waals surface area contributed by atoms with E-state index in [0.717, 1.165) is 0 Å². The lowest BCUT2D eigenvalue weighted by atomic mass is 9.85. The van der Waals surface area contributed by atoms with Gasteiger partial charge in [-0.2, -0.15) is 0 Å². The molecule has 1 aromatic heterocycles. The number of furan rings is 1. The lowest BCUT2D eigenvalue weighted by molar-refractivity contribution is -0.0898. The molecule has 0 amide bonds. The molecule has 0 fully saturated rings. The summed E-state index contributed by atoms with van der Waals surface area (Å²) < 4.78 is 16.8. The second-order valence-corrected chi connectivity index (χ2v) is 7.85. The largest absolute Gasteiger partial charge is 0.481 e. The molecule has 0 aliphatic rings. The standard InChI is InChI=1S/C16H28B2O5/c1-13(2,19)15(5,6)22-17-11-9-10-12(21-11)18-23-16(7,8)14(3,4)20/h9-10,19-20H,1-8H3. The Hall–Kier alpha value is -0.750. The number of aliphatic hydroxyl groups is 2. The first kappa shape index (κ1) is 20.3. The summed E-state index contributed by atoms with van der Waals surface area (Å²) in [5.74, 6) is 0. The molecular weight excluding hydrogens is 294 g/mol. The third kappa shape index (κ3) is 5.38. The number of hydrogen-bond acceptors (Lipinski definition) is 5. The van der Waals surface area contributed by atoms with Crippen LogP contribution in [-0.2, 0) is 9.31 Å². The lowest BCUT2D eigenvalue weighted by Crippen LogP contribution is -2.49. The van der Waals surface area contributed by atoms with Gasteiger partial charge in [-0.3, -0.25) is 0 Å². The van der Waals surface area contributed by atoms with Crippen LogP contribution in [0, 0.1) is 0 Å². The molecule has 0 unspecified atom stereocenters. The van der Waals surface area contributed by atoms with E-state index in [1.807, 2.05) is 0 Å². The molecule has 0 aromatic carbocycles. The Balaban J connectivity index is 2.60. The van der Waals surface area contributed by atoms with Gasteiger partial charge in [-0.1, -0.05) is 0 Å². The molecule has 0 saturated heterocycles. The zero-order valence-electron chi connectivity index (χ0n) is 15.4. The minimum absolute atomic E-state index is 0.512. The summed E-state index contributed by atoms with van der Waals surface area (Å²) in [6.45, 7) is 14.0. The average Bonchev–Trinajstić information content (AvgIpc) is 2.79. The summed E-state index contributed by atoms with van der Waals surface area (Å²) in [5, 5.41) is 20.1. The van der Waals surface area contributed by atoms with Crippen LogP contribution in [-0.4, -0.2) is 47.6 Å². The van der Waals surface area contributed by atoms with Crippen LogP contribution in [0.2, 0.25) is 0 Å². The fourth-order valence-electron chi connectivity index (χ4n) is 1.19. The summed E-state index contributed by atoms with van der Waals surface area (Å²) in [7, 11) is 2.94. The van der Waals surface area contributed by atoms with Crippen molar-refractivity contribution in [3.8, 4) is 0 Å². The smallest absolute Gasteiger partial charge is 0.376 e. The summed E-state index contributed by atoms with van der Waals surface area (Å²) >= 11 is 0. The SMILES string of the molecule is CC(C)(O)C(C)(C)O[B]c1ccc([B]OC(C)(C)C(C)(C)O)o1. The van der Waals surface area contributed by atoms with Gasteiger partial charge in [0.05, 0.1) is 33.7 Å². The Kier molecular flexibility index (Phi) is 5.85. The first-order valence-electron chi connectivity index (χ1n) is 7.72. The maximum absolute atomic E-state index is 10.1. The molecule has 1 rings (SSSR count). The van der Waals surface area contributed by atoms with Gasteiger partial charge >= 0.3 is 15.0 Å². The van der Waals surface area contributed by atoms with Gasteiger partial charge in [0.15, 0.2) is 0 Å². The Labute approximate surface area is 140 Å². The second kappa shape index (κ2) is 6.63. The van der Waals surface area contributed by atoms with Crippen molar-refractivity contribution in [1.29, 1.82) is 0 Å². The van der Waals surface area contributed by atoms with Gasteiger partial charge in [0, 0.05) is 0 Å². The maximum Gasteiger partial charge on any atom is 0.376 e. The summed E-state index contributed by atoms with van der Waals surface area (Å²) in [6, 6.07) is 3.49. The summed E-state index contributed by atoms with van der Waals surface area (Å²) in [4.78, 5) is 0. The highest BCUT2D eigenvalue weighted by Crippen LogP contribution is 2.25. The zero-order valence-corrected chi connectivity index (χ0v) is 15.4. The molecule has 0 spiro atoms. The zero-order chi connectivity index (χ0) is 18.1. The van der Waals surface area contributed by atoms with Crippen molar-refractivity contribution in [2.75, 3.05) is 0 Å². The average molecular weight is 322 g/mol. The first-order valence-corrected chi connectivity index (χ1v) is 7.72. The molecule has 0 aliphatic carbocycles. The summed E-state index contributed by atoms with van der Waals surface area (Å²) in [5.41, 5.74) is -2.49. The van der Waals surface area contributed by atoms with E-state index in [2.05, 4.69) is 0 Å². The molecule has 0 bridgehead atoms. The number of hydrogen-bond donors (Lipinski definition) is 2. The van der Waals surface area contributed by atoms with Crippen LogP contribution < -0.4 is 11.3 Å². The molecule has 2 N–H and O–H groups in total. The van der Waals surface area contributed by atoms with Crippen LogP contribution in [0.15, 0.2) is 16.5 Å². The third-order valence-corrected chi connectivity index (χ3v) is 4.53. The van der Waals surface area contributed by atoms with Crippen molar-refractivity contribution >= 4 is 26.3 Å². The topological polar surface area (TPSA) is 72.1 Å². The van der Waals surface area contributed by atoms with Crippen molar-refractivity contribution in [2.24, 2.45) is 0 Å². The molecule has 0 atom stereocenters. The Bertz CT molecular complexity index is 465. The molecule has 23 heavy (non-hydrogen) atoms. The van der Waals surface area contributed by atoms with Gasteiger partial charge in [0.25, 0.3) is 0 Å². The van der Waals surface area contributed by atoms with Crippen LogP contribution in [0.5, 0.6) is 0 Å². The minimum atomic E-state index is -0.995. The van der Waals surface area contributed by atoms with Crippen LogP contribution in [0.1, 0.15) is 55.4 Å². The van der Waals surface area contributed by atoms with Gasteiger partial charge in [-0.05, 0) is 67.5 Å². The minimum Gasteiger partial charge on any atom is -0.481 e. The normalized spacial score (nSPS) is 14.0. The van der Waals surface area contributed by atoms with Crippen molar-refractivity contribution in [2.45, 2.75) is 77.8 Å². The van der Waals surface area contributed by atoms with E-state index in [0.29, 0.717) is 11.3 Å². The predicted octanol–water partition coefficient (Wildman–Crippen LogP) is 0.901.